The van der Waals surface area contributed by atoms with Gasteiger partial charge in [-0.2, -0.15) is 8.42 Å². The lowest BCUT2D eigenvalue weighted by molar-refractivity contribution is 0.194. The molecule has 0 spiro atoms. The van der Waals surface area contributed by atoms with Crippen molar-refractivity contribution < 1.29 is 23.1 Å². The normalized spacial score (nSPS) is 11.1. The summed E-state index contributed by atoms with van der Waals surface area (Å²) in [6.45, 7) is 3.37. The molecule has 128 valence electrons. The van der Waals surface area contributed by atoms with E-state index in [-0.39, 0.29) is 10.4 Å². The minimum atomic E-state index is -4.45. The van der Waals surface area contributed by atoms with Gasteiger partial charge in [0.2, 0.25) is 5.95 Å². The molecule has 0 fully saturated rings. The summed E-state index contributed by atoms with van der Waals surface area (Å²) in [6, 6.07) is 1.79. The molecule has 0 aliphatic rings. The third-order valence-electron chi connectivity index (χ3n) is 2.69. The van der Waals surface area contributed by atoms with Crippen LogP contribution in [0.3, 0.4) is 0 Å². The van der Waals surface area contributed by atoms with Gasteiger partial charge in [0.1, 0.15) is 0 Å². The van der Waals surface area contributed by atoms with Gasteiger partial charge in [0, 0.05) is 17.6 Å². The van der Waals surface area contributed by atoms with Crippen molar-refractivity contribution in [2.75, 3.05) is 5.32 Å². The summed E-state index contributed by atoms with van der Waals surface area (Å²) in [5, 5.41) is 10.6. The highest BCUT2D eigenvalue weighted by atomic mass is 79.9. The van der Waals surface area contributed by atoms with Crippen LogP contribution in [0.4, 0.5) is 15.5 Å². The number of sulfonamides is 1. The molecule has 2 aromatic rings. The molecule has 2 aromatic heterocycles. The first-order valence-electron chi connectivity index (χ1n) is 6.36. The van der Waals surface area contributed by atoms with Crippen LogP contribution in [0.5, 0.6) is 0 Å². The van der Waals surface area contributed by atoms with Crippen LogP contribution in [0.2, 0.25) is 0 Å². The fourth-order valence-corrected chi connectivity index (χ4v) is 3.94. The number of nitrogens with one attached hydrogen (secondary N) is 2. The van der Waals surface area contributed by atoms with Crippen molar-refractivity contribution in [3.05, 3.63) is 34.2 Å². The molecule has 3 N–H and O–H groups in total. The maximum atomic E-state index is 12.2. The summed E-state index contributed by atoms with van der Waals surface area (Å²) >= 11 is 2.94. The quantitative estimate of drug-likeness (QED) is 0.688. The van der Waals surface area contributed by atoms with Crippen molar-refractivity contribution in [1.29, 1.82) is 0 Å². The number of halogens is 1. The van der Waals surface area contributed by atoms with Crippen LogP contribution in [0.25, 0.3) is 0 Å². The second-order valence-corrected chi connectivity index (χ2v) is 7.11. The summed E-state index contributed by atoms with van der Waals surface area (Å²) in [7, 11) is -4.45. The van der Waals surface area contributed by atoms with Crippen molar-refractivity contribution in [3.8, 4) is 0 Å². The minimum absolute atomic E-state index is 0.00662. The van der Waals surface area contributed by atoms with Crippen molar-refractivity contribution in [3.63, 3.8) is 0 Å². The third kappa shape index (κ3) is 3.89. The van der Waals surface area contributed by atoms with E-state index in [9.17, 15) is 18.0 Å². The van der Waals surface area contributed by atoms with E-state index < -0.39 is 27.2 Å². The van der Waals surface area contributed by atoms with E-state index in [2.05, 4.69) is 31.2 Å². The van der Waals surface area contributed by atoms with Crippen LogP contribution in [0, 0.1) is 13.8 Å². The molecular weight excluding hydrogens is 406 g/mol. The van der Waals surface area contributed by atoms with Gasteiger partial charge in [-0.3, -0.25) is 5.32 Å². The summed E-state index contributed by atoms with van der Waals surface area (Å²) < 4.78 is 26.7. The zero-order chi connectivity index (χ0) is 18.1. The predicted octanol–water partition coefficient (Wildman–Crippen LogP) is 1.69. The number of amides is 2. The molecule has 24 heavy (non-hydrogen) atoms. The van der Waals surface area contributed by atoms with Gasteiger partial charge in [-0.15, -0.1) is 0 Å². The fraction of sp³-hybridized carbons (Fsp3) is 0.167. The van der Waals surface area contributed by atoms with Crippen LogP contribution in [0.15, 0.2) is 27.8 Å². The number of carbonyl (C=O) groups excluding carboxylic acids is 1. The fourth-order valence-electron chi connectivity index (χ4n) is 1.88. The largest absolute Gasteiger partial charge is 0.464 e. The van der Waals surface area contributed by atoms with E-state index in [4.69, 9.17) is 5.11 Å². The van der Waals surface area contributed by atoms with Crippen molar-refractivity contribution in [1.82, 2.24) is 19.3 Å². The van der Waals surface area contributed by atoms with Crippen LogP contribution in [-0.4, -0.2) is 40.2 Å². The lowest BCUT2D eigenvalue weighted by atomic mass is 10.4. The predicted molar refractivity (Wildman–Crippen MR) is 86.4 cm³/mol. The molecule has 0 bridgehead atoms. The smallest absolute Gasteiger partial charge is 0.416 e. The van der Waals surface area contributed by atoms with Crippen molar-refractivity contribution >= 4 is 44.0 Å². The molecule has 0 radical (unpaired) electrons. The number of aryl methyl sites for hydroxylation is 2. The Morgan fingerprint density at radius 2 is 1.83 bits per heavy atom. The molecule has 12 heteroatoms. The average molecular weight is 418 g/mol. The molecule has 0 saturated carbocycles. The molecule has 0 aliphatic heterocycles. The minimum Gasteiger partial charge on any atom is -0.464 e. The maximum Gasteiger partial charge on any atom is 0.416 e. The van der Waals surface area contributed by atoms with E-state index in [0.29, 0.717) is 16.0 Å². The van der Waals surface area contributed by atoms with E-state index >= 15 is 0 Å². The Bertz CT molecular complexity index is 904. The Morgan fingerprint density at radius 3 is 2.38 bits per heavy atom. The summed E-state index contributed by atoms with van der Waals surface area (Å²) in [6.07, 6.45) is -0.481. The first kappa shape index (κ1) is 17.9. The van der Waals surface area contributed by atoms with Crippen LogP contribution in [-0.2, 0) is 10.0 Å². The van der Waals surface area contributed by atoms with Gasteiger partial charge < -0.3 is 5.11 Å². The number of hydrogen-bond donors (Lipinski definition) is 3. The first-order chi connectivity index (χ1) is 11.1. The maximum absolute atomic E-state index is 12.2. The molecule has 0 unspecified atom stereocenters. The van der Waals surface area contributed by atoms with Gasteiger partial charge in [0.05, 0.1) is 4.47 Å². The summed E-state index contributed by atoms with van der Waals surface area (Å²) in [5.41, 5.74) is 1.17. The lowest BCUT2D eigenvalue weighted by Gasteiger charge is -2.10. The highest BCUT2D eigenvalue weighted by Crippen LogP contribution is 2.23. The van der Waals surface area contributed by atoms with Gasteiger partial charge in [0.25, 0.3) is 10.0 Å². The Balaban J connectivity index is 2.25. The number of urea groups is 1. The Kier molecular flexibility index (Phi) is 4.89. The Labute approximate surface area is 145 Å². The zero-order valence-corrected chi connectivity index (χ0v) is 14.8. The highest BCUT2D eigenvalue weighted by Gasteiger charge is 2.27. The number of hydrogen-bond acceptors (Lipinski definition) is 6. The molecule has 0 atom stereocenters. The number of aromatic nitrogens is 3. The van der Waals surface area contributed by atoms with E-state index in [0.717, 1.165) is 6.20 Å². The standard InChI is InChI=1S/C12H12BrN5O5S/c1-6-5-7(2)15-10(14-6)16-11(19)17-24(22,23)9-8(13)3-4-18(9)12(20)21/h3-5H,1-2H3,(H,20,21)(H2,14,15,16,17,19). The van der Waals surface area contributed by atoms with E-state index in [1.807, 2.05) is 0 Å². The lowest BCUT2D eigenvalue weighted by Crippen LogP contribution is -2.36. The van der Waals surface area contributed by atoms with E-state index in [1.54, 1.807) is 24.6 Å². The number of carboxylic acid groups (broad SMARTS) is 1. The zero-order valence-electron chi connectivity index (χ0n) is 12.4. The number of anilines is 1. The van der Waals surface area contributed by atoms with Crippen molar-refractivity contribution in [2.45, 2.75) is 18.9 Å². The average Bonchev–Trinajstić information content (AvgIpc) is 2.79. The molecule has 0 aromatic carbocycles. The van der Waals surface area contributed by atoms with E-state index in [1.165, 1.54) is 6.07 Å². The molecule has 2 heterocycles. The van der Waals surface area contributed by atoms with Gasteiger partial charge in [0.15, 0.2) is 5.03 Å². The number of nitrogens with zero attached hydrogens (tertiary/aromatic N) is 3. The first-order valence-corrected chi connectivity index (χ1v) is 8.64. The SMILES string of the molecule is Cc1cc(C)nc(NC(=O)NS(=O)(=O)c2c(Br)ccn2C(=O)O)n1. The second kappa shape index (κ2) is 6.57. The van der Waals surface area contributed by atoms with Crippen LogP contribution < -0.4 is 10.0 Å². The molecule has 10 nitrogen and oxygen atoms in total. The topological polar surface area (TPSA) is 143 Å². The van der Waals surface area contributed by atoms with Gasteiger partial charge in [-0.05, 0) is 41.9 Å². The monoisotopic (exact) mass is 417 g/mol. The second-order valence-electron chi connectivity index (χ2n) is 4.66. The molecular formula is C12H12BrN5O5S. The number of carbonyl (C=O) groups is 2. The van der Waals surface area contributed by atoms with Gasteiger partial charge >= 0.3 is 12.1 Å². The summed E-state index contributed by atoms with van der Waals surface area (Å²) in [5.74, 6) is -0.0760. The van der Waals surface area contributed by atoms with Crippen LogP contribution in [0.1, 0.15) is 11.4 Å². The Morgan fingerprint density at radius 1 is 1.25 bits per heavy atom. The van der Waals surface area contributed by atoms with Crippen molar-refractivity contribution in [2.24, 2.45) is 0 Å². The highest BCUT2D eigenvalue weighted by molar-refractivity contribution is 9.10. The summed E-state index contributed by atoms with van der Waals surface area (Å²) in [4.78, 5) is 30.8. The molecule has 0 saturated heterocycles. The molecule has 2 rings (SSSR count). The Hall–Kier alpha value is -2.47. The third-order valence-corrected chi connectivity index (χ3v) is 4.97. The number of rotatable bonds is 3. The molecule has 2 amide bonds. The van der Waals surface area contributed by atoms with Crippen LogP contribution >= 0.6 is 15.9 Å². The molecule has 0 aliphatic carbocycles. The van der Waals surface area contributed by atoms with Gasteiger partial charge in [-0.1, -0.05) is 0 Å². The van der Waals surface area contributed by atoms with Gasteiger partial charge in [-0.25, -0.2) is 28.8 Å².